The van der Waals surface area contributed by atoms with Crippen molar-refractivity contribution in [1.82, 2.24) is 10.6 Å². The molecule has 2 aromatic rings. The number of ether oxygens (including phenoxy) is 1. The number of aliphatic carboxylic acids is 1. The fraction of sp³-hybridized carbons (Fsp3) is 0.346. The van der Waals surface area contributed by atoms with Gasteiger partial charge in [-0.15, -0.1) is 11.8 Å². The molecule has 2 amide bonds. The van der Waals surface area contributed by atoms with Gasteiger partial charge in [-0.3, -0.25) is 4.79 Å². The van der Waals surface area contributed by atoms with E-state index in [2.05, 4.69) is 34.6 Å². The fourth-order valence-corrected chi connectivity index (χ4v) is 4.01. The van der Waals surface area contributed by atoms with E-state index < -0.39 is 29.6 Å². The number of rotatable bonds is 8. The van der Waals surface area contributed by atoms with Crippen LogP contribution in [0, 0.1) is 11.8 Å². The number of carbonyl (C=O) groups excluding carboxylic acids is 2. The molecule has 0 bridgehead atoms. The van der Waals surface area contributed by atoms with E-state index in [0.717, 1.165) is 22.3 Å². The molecule has 33 heavy (non-hydrogen) atoms. The summed E-state index contributed by atoms with van der Waals surface area (Å²) in [5, 5.41) is 14.4. The SMILES string of the molecule is CC#CCC(NC(=O)CC(C)(C)NC(=O)OCC1c2ccccc2-c2ccccc21)C(=O)O. The van der Waals surface area contributed by atoms with E-state index in [1.54, 1.807) is 20.8 Å². The second kappa shape index (κ2) is 10.2. The lowest BCUT2D eigenvalue weighted by Crippen LogP contribution is -2.49. The zero-order chi connectivity index (χ0) is 24.0. The number of amides is 2. The number of alkyl carbamates (subject to hydrolysis) is 1. The number of carbonyl (C=O) groups is 3. The second-order valence-corrected chi connectivity index (χ2v) is 8.60. The van der Waals surface area contributed by atoms with Crippen LogP contribution in [-0.2, 0) is 14.3 Å². The summed E-state index contributed by atoms with van der Waals surface area (Å²) < 4.78 is 5.54. The predicted molar refractivity (Wildman–Crippen MR) is 125 cm³/mol. The van der Waals surface area contributed by atoms with Gasteiger partial charge in [-0.2, -0.15) is 0 Å². The average molecular weight is 449 g/mol. The van der Waals surface area contributed by atoms with Gasteiger partial charge in [0.05, 0.1) is 0 Å². The third kappa shape index (κ3) is 5.92. The molecular formula is C26H28N2O5. The Morgan fingerprint density at radius 1 is 1.06 bits per heavy atom. The predicted octanol–water partition coefficient (Wildman–Crippen LogP) is 3.68. The summed E-state index contributed by atoms with van der Waals surface area (Å²) in [5.74, 6) is 3.55. The van der Waals surface area contributed by atoms with Crippen LogP contribution in [0.5, 0.6) is 0 Å². The lowest BCUT2D eigenvalue weighted by molar-refractivity contribution is -0.141. The number of benzene rings is 2. The zero-order valence-electron chi connectivity index (χ0n) is 19.0. The molecule has 7 nitrogen and oxygen atoms in total. The van der Waals surface area contributed by atoms with Crippen LogP contribution in [0.2, 0.25) is 0 Å². The molecule has 0 fully saturated rings. The normalized spacial score (nSPS) is 13.1. The zero-order valence-corrected chi connectivity index (χ0v) is 19.0. The molecule has 1 unspecified atom stereocenters. The van der Waals surface area contributed by atoms with Gasteiger partial charge in [0.1, 0.15) is 12.6 Å². The number of fused-ring (bicyclic) bond motifs is 3. The average Bonchev–Trinajstić information content (AvgIpc) is 3.08. The smallest absolute Gasteiger partial charge is 0.407 e. The molecule has 7 heteroatoms. The van der Waals surface area contributed by atoms with Gasteiger partial charge < -0.3 is 20.5 Å². The fourth-order valence-electron chi connectivity index (χ4n) is 4.01. The van der Waals surface area contributed by atoms with Crippen molar-refractivity contribution in [1.29, 1.82) is 0 Å². The van der Waals surface area contributed by atoms with Gasteiger partial charge in [-0.1, -0.05) is 48.5 Å². The van der Waals surface area contributed by atoms with Crippen molar-refractivity contribution in [3.05, 3.63) is 59.7 Å². The number of hydrogen-bond acceptors (Lipinski definition) is 4. The Labute approximate surface area is 193 Å². The highest BCUT2D eigenvalue weighted by atomic mass is 16.5. The third-order valence-electron chi connectivity index (χ3n) is 5.50. The van der Waals surface area contributed by atoms with Crippen LogP contribution in [0.3, 0.4) is 0 Å². The summed E-state index contributed by atoms with van der Waals surface area (Å²) in [6, 6.07) is 15.0. The quantitative estimate of drug-likeness (QED) is 0.535. The largest absolute Gasteiger partial charge is 0.480 e. The van der Waals surface area contributed by atoms with Crippen LogP contribution in [0.1, 0.15) is 50.7 Å². The molecule has 0 saturated heterocycles. The summed E-state index contributed by atoms with van der Waals surface area (Å²) in [4.78, 5) is 36.2. The van der Waals surface area contributed by atoms with Crippen molar-refractivity contribution >= 4 is 18.0 Å². The van der Waals surface area contributed by atoms with Crippen LogP contribution >= 0.6 is 0 Å². The van der Waals surface area contributed by atoms with Gasteiger partial charge in [0.15, 0.2) is 0 Å². The maximum absolute atomic E-state index is 12.5. The molecule has 0 aliphatic heterocycles. The highest BCUT2D eigenvalue weighted by molar-refractivity contribution is 5.85. The molecule has 1 aliphatic carbocycles. The Bertz CT molecular complexity index is 1070. The number of carboxylic acids is 1. The van der Waals surface area contributed by atoms with Crippen LogP contribution in [0.4, 0.5) is 4.79 Å². The molecule has 0 spiro atoms. The van der Waals surface area contributed by atoms with Gasteiger partial charge in [0.25, 0.3) is 0 Å². The minimum absolute atomic E-state index is 0.0117. The van der Waals surface area contributed by atoms with E-state index >= 15 is 0 Å². The van der Waals surface area contributed by atoms with E-state index in [9.17, 15) is 19.5 Å². The van der Waals surface area contributed by atoms with E-state index in [0.29, 0.717) is 0 Å². The first kappa shape index (κ1) is 23.9. The van der Waals surface area contributed by atoms with Crippen molar-refractivity contribution < 1.29 is 24.2 Å². The van der Waals surface area contributed by atoms with Crippen molar-refractivity contribution in [3.8, 4) is 23.0 Å². The highest BCUT2D eigenvalue weighted by Gasteiger charge is 2.31. The molecule has 1 aliphatic rings. The van der Waals surface area contributed by atoms with Gasteiger partial charge in [-0.05, 0) is 43.0 Å². The molecule has 1 atom stereocenters. The first-order chi connectivity index (χ1) is 15.7. The second-order valence-electron chi connectivity index (χ2n) is 8.60. The molecule has 0 aromatic heterocycles. The molecule has 2 aromatic carbocycles. The number of hydrogen-bond donors (Lipinski definition) is 3. The van der Waals surface area contributed by atoms with Crippen LogP contribution in [0.25, 0.3) is 11.1 Å². The topological polar surface area (TPSA) is 105 Å². The minimum Gasteiger partial charge on any atom is -0.480 e. The summed E-state index contributed by atoms with van der Waals surface area (Å²) in [6.07, 6.45) is -0.737. The Hall–Kier alpha value is -3.79. The maximum Gasteiger partial charge on any atom is 0.407 e. The van der Waals surface area contributed by atoms with E-state index in [1.807, 2.05) is 36.4 Å². The molecular weight excluding hydrogens is 420 g/mol. The summed E-state index contributed by atoms with van der Waals surface area (Å²) >= 11 is 0. The number of carboxylic acid groups (broad SMARTS) is 1. The lowest BCUT2D eigenvalue weighted by atomic mass is 9.98. The Morgan fingerprint density at radius 2 is 1.64 bits per heavy atom. The van der Waals surface area contributed by atoms with Crippen LogP contribution in [-0.4, -0.2) is 41.3 Å². The maximum atomic E-state index is 12.5. The van der Waals surface area contributed by atoms with E-state index in [-0.39, 0.29) is 25.4 Å². The van der Waals surface area contributed by atoms with Crippen LogP contribution < -0.4 is 10.6 Å². The lowest BCUT2D eigenvalue weighted by Gasteiger charge is -2.26. The highest BCUT2D eigenvalue weighted by Crippen LogP contribution is 2.44. The Balaban J connectivity index is 1.57. The van der Waals surface area contributed by atoms with Gasteiger partial charge in [-0.25, -0.2) is 9.59 Å². The minimum atomic E-state index is -1.16. The van der Waals surface area contributed by atoms with Crippen molar-refractivity contribution in [2.45, 2.75) is 51.1 Å². The van der Waals surface area contributed by atoms with Crippen LogP contribution in [0.15, 0.2) is 48.5 Å². The van der Waals surface area contributed by atoms with Crippen molar-refractivity contribution in [2.24, 2.45) is 0 Å². The van der Waals surface area contributed by atoms with Crippen molar-refractivity contribution in [3.63, 3.8) is 0 Å². The third-order valence-corrected chi connectivity index (χ3v) is 5.50. The molecule has 172 valence electrons. The van der Waals surface area contributed by atoms with E-state index in [4.69, 9.17) is 4.74 Å². The first-order valence-corrected chi connectivity index (χ1v) is 10.8. The van der Waals surface area contributed by atoms with Crippen molar-refractivity contribution in [2.75, 3.05) is 6.61 Å². The van der Waals surface area contributed by atoms with E-state index in [1.165, 1.54) is 0 Å². The molecule has 0 radical (unpaired) electrons. The Kier molecular flexibility index (Phi) is 7.39. The van der Waals surface area contributed by atoms with Gasteiger partial charge in [0, 0.05) is 24.3 Å². The standard InChI is InChI=1S/C26H28N2O5/c1-4-5-14-22(24(30)31)27-23(29)15-26(2,3)28-25(32)33-16-21-19-12-8-6-10-17(19)18-11-7-9-13-20(18)21/h6-13,21-22H,14-16H2,1-3H3,(H,27,29)(H,28,32)(H,30,31). The molecule has 0 heterocycles. The molecule has 0 saturated carbocycles. The number of nitrogens with one attached hydrogen (secondary N) is 2. The van der Waals surface area contributed by atoms with Gasteiger partial charge >= 0.3 is 12.1 Å². The summed E-state index contributed by atoms with van der Waals surface area (Å²) in [7, 11) is 0. The van der Waals surface area contributed by atoms with Gasteiger partial charge in [0.2, 0.25) is 5.91 Å². The monoisotopic (exact) mass is 448 g/mol. The summed E-state index contributed by atoms with van der Waals surface area (Å²) in [6.45, 7) is 5.12. The summed E-state index contributed by atoms with van der Waals surface area (Å²) in [5.41, 5.74) is 3.56. The molecule has 3 rings (SSSR count). The first-order valence-electron chi connectivity index (χ1n) is 10.8. The molecule has 3 N–H and O–H groups in total. The Morgan fingerprint density at radius 3 is 2.18 bits per heavy atom.